The molecule has 0 radical (unpaired) electrons. The standard InChI is InChI=1S/C24H29F2N9/c25-18-10-17(15-6-7-15)22(35-14-29-32-33-35)11-20(18)30-24-28-13-19(26)23(31-24)27-12-16-4-3-9-34-8-2-1-5-21(16)34/h10-11,13-16,21H,1-9,12H2,(H2,27,28,30,31)/t16-,21+/m0/s1. The van der Waals surface area contributed by atoms with Crippen LogP contribution in [0.25, 0.3) is 5.69 Å². The summed E-state index contributed by atoms with van der Waals surface area (Å²) in [7, 11) is 0. The molecule has 9 nitrogen and oxygen atoms in total. The third-order valence-electron chi connectivity index (χ3n) is 7.48. The van der Waals surface area contributed by atoms with Gasteiger partial charge < -0.3 is 15.5 Å². The van der Waals surface area contributed by atoms with E-state index in [2.05, 4.69) is 41.0 Å². The molecule has 2 N–H and O–H groups in total. The molecule has 0 amide bonds. The van der Waals surface area contributed by atoms with Gasteiger partial charge in [0.2, 0.25) is 5.95 Å². The molecule has 2 saturated heterocycles. The summed E-state index contributed by atoms with van der Waals surface area (Å²) in [6, 6.07) is 3.72. The quantitative estimate of drug-likeness (QED) is 0.522. The number of halogens is 2. The highest BCUT2D eigenvalue weighted by atomic mass is 19.1. The summed E-state index contributed by atoms with van der Waals surface area (Å²) in [6.45, 7) is 2.98. The lowest BCUT2D eigenvalue weighted by Gasteiger charge is -2.44. The summed E-state index contributed by atoms with van der Waals surface area (Å²) in [5.74, 6) is 0.0665. The van der Waals surface area contributed by atoms with Crippen molar-refractivity contribution >= 4 is 17.5 Å². The summed E-state index contributed by atoms with van der Waals surface area (Å²) >= 11 is 0. The Morgan fingerprint density at radius 1 is 1.00 bits per heavy atom. The van der Waals surface area contributed by atoms with E-state index in [-0.39, 0.29) is 17.5 Å². The molecule has 3 aromatic rings. The van der Waals surface area contributed by atoms with Crippen LogP contribution in [0, 0.1) is 17.6 Å². The lowest BCUT2D eigenvalue weighted by Crippen LogP contribution is -2.49. The summed E-state index contributed by atoms with van der Waals surface area (Å²) < 4.78 is 31.1. The van der Waals surface area contributed by atoms with Crippen LogP contribution in [0.5, 0.6) is 0 Å². The highest BCUT2D eigenvalue weighted by Crippen LogP contribution is 2.44. The largest absolute Gasteiger partial charge is 0.367 e. The molecule has 0 unspecified atom stereocenters. The number of hydrogen-bond donors (Lipinski definition) is 2. The predicted octanol–water partition coefficient (Wildman–Crippen LogP) is 4.03. The molecule has 184 valence electrons. The highest BCUT2D eigenvalue weighted by Gasteiger charge is 2.33. The number of hydrogen-bond acceptors (Lipinski definition) is 8. The molecule has 0 spiro atoms. The van der Waals surface area contributed by atoms with Gasteiger partial charge in [0, 0.05) is 12.6 Å². The fourth-order valence-electron chi connectivity index (χ4n) is 5.58. The minimum absolute atomic E-state index is 0.123. The molecule has 3 fully saturated rings. The molecule has 2 atom stereocenters. The lowest BCUT2D eigenvalue weighted by molar-refractivity contribution is 0.0648. The lowest BCUT2D eigenvalue weighted by atomic mass is 9.83. The molecule has 2 aliphatic heterocycles. The van der Waals surface area contributed by atoms with Crippen LogP contribution in [0.15, 0.2) is 24.7 Å². The van der Waals surface area contributed by atoms with E-state index < -0.39 is 11.6 Å². The van der Waals surface area contributed by atoms with Crippen LogP contribution in [0.3, 0.4) is 0 Å². The molecule has 0 bridgehead atoms. The van der Waals surface area contributed by atoms with E-state index in [4.69, 9.17) is 0 Å². The zero-order chi connectivity index (χ0) is 23.8. The van der Waals surface area contributed by atoms with Gasteiger partial charge in [-0.2, -0.15) is 4.98 Å². The Hall–Kier alpha value is -3.21. The summed E-state index contributed by atoms with van der Waals surface area (Å²) in [6.07, 6.45) is 10.6. The fraction of sp³-hybridized carbons (Fsp3) is 0.542. The van der Waals surface area contributed by atoms with Gasteiger partial charge in [-0.05, 0) is 91.6 Å². The zero-order valence-corrected chi connectivity index (χ0v) is 19.5. The van der Waals surface area contributed by atoms with Crippen molar-refractivity contribution in [3.63, 3.8) is 0 Å². The molecule has 3 aliphatic rings. The Labute approximate surface area is 202 Å². The summed E-state index contributed by atoms with van der Waals surface area (Å²) in [4.78, 5) is 10.9. The number of nitrogens with one attached hydrogen (secondary N) is 2. The first-order valence-corrected chi connectivity index (χ1v) is 12.5. The fourth-order valence-corrected chi connectivity index (χ4v) is 5.58. The molecule has 1 aliphatic carbocycles. The van der Waals surface area contributed by atoms with E-state index in [9.17, 15) is 4.39 Å². The minimum Gasteiger partial charge on any atom is -0.367 e. The molecular weight excluding hydrogens is 452 g/mol. The first kappa shape index (κ1) is 22.3. The number of anilines is 3. The summed E-state index contributed by atoms with van der Waals surface area (Å²) in [5.41, 5.74) is 1.76. The van der Waals surface area contributed by atoms with Crippen LogP contribution < -0.4 is 10.6 Å². The van der Waals surface area contributed by atoms with Crippen molar-refractivity contribution in [2.45, 2.75) is 56.9 Å². The minimum atomic E-state index is -0.522. The number of rotatable bonds is 7. The van der Waals surface area contributed by atoms with Crippen molar-refractivity contribution < 1.29 is 8.78 Å². The Balaban J connectivity index is 1.20. The Morgan fingerprint density at radius 3 is 2.71 bits per heavy atom. The van der Waals surface area contributed by atoms with Crippen molar-refractivity contribution in [1.82, 2.24) is 35.1 Å². The first-order chi connectivity index (χ1) is 17.2. The normalized spacial score (nSPS) is 22.6. The zero-order valence-electron chi connectivity index (χ0n) is 19.5. The molecule has 11 heteroatoms. The van der Waals surface area contributed by atoms with E-state index in [0.29, 0.717) is 30.1 Å². The van der Waals surface area contributed by atoms with Gasteiger partial charge in [-0.25, -0.2) is 18.4 Å². The average molecular weight is 482 g/mol. The van der Waals surface area contributed by atoms with Gasteiger partial charge >= 0.3 is 0 Å². The number of piperidine rings is 2. The Morgan fingerprint density at radius 2 is 1.89 bits per heavy atom. The second-order valence-corrected chi connectivity index (χ2v) is 9.82. The average Bonchev–Trinajstić information content (AvgIpc) is 3.58. The van der Waals surface area contributed by atoms with Crippen LogP contribution in [0.2, 0.25) is 0 Å². The summed E-state index contributed by atoms with van der Waals surface area (Å²) in [5, 5.41) is 17.5. The second kappa shape index (κ2) is 9.44. The van der Waals surface area contributed by atoms with Gasteiger partial charge in [-0.3, -0.25) is 0 Å². The van der Waals surface area contributed by atoms with Crippen molar-refractivity contribution in [2.24, 2.45) is 5.92 Å². The van der Waals surface area contributed by atoms with Crippen molar-refractivity contribution in [1.29, 1.82) is 0 Å². The highest BCUT2D eigenvalue weighted by molar-refractivity contribution is 5.62. The van der Waals surface area contributed by atoms with Crippen molar-refractivity contribution in [2.75, 3.05) is 30.3 Å². The number of nitrogens with zero attached hydrogens (tertiary/aromatic N) is 7. The number of aromatic nitrogens is 6. The van der Waals surface area contributed by atoms with Gasteiger partial charge in [0.1, 0.15) is 12.1 Å². The molecule has 35 heavy (non-hydrogen) atoms. The smallest absolute Gasteiger partial charge is 0.229 e. The molecule has 1 saturated carbocycles. The maximum absolute atomic E-state index is 15.0. The van der Waals surface area contributed by atoms with E-state index in [1.54, 1.807) is 6.07 Å². The third-order valence-corrected chi connectivity index (χ3v) is 7.48. The van der Waals surface area contributed by atoms with E-state index in [0.717, 1.165) is 44.1 Å². The maximum Gasteiger partial charge on any atom is 0.229 e. The predicted molar refractivity (Wildman–Crippen MR) is 127 cm³/mol. The Kier molecular flexibility index (Phi) is 6.01. The van der Waals surface area contributed by atoms with Crippen LogP contribution in [0.4, 0.5) is 26.2 Å². The van der Waals surface area contributed by atoms with Crippen LogP contribution in [-0.2, 0) is 0 Å². The first-order valence-electron chi connectivity index (χ1n) is 12.5. The molecule has 4 heterocycles. The van der Waals surface area contributed by atoms with Crippen molar-refractivity contribution in [3.8, 4) is 5.69 Å². The second-order valence-electron chi connectivity index (χ2n) is 9.82. The Bertz CT molecular complexity index is 1180. The molecule has 1 aromatic carbocycles. The van der Waals surface area contributed by atoms with Gasteiger partial charge in [-0.1, -0.05) is 6.42 Å². The third kappa shape index (κ3) is 4.69. The SMILES string of the molecule is Fc1cc(C2CC2)c(-n2cnnn2)cc1Nc1ncc(F)c(NC[C@@H]2CCCN3CCCC[C@H]23)n1. The van der Waals surface area contributed by atoms with Gasteiger partial charge in [-0.15, -0.1) is 5.10 Å². The monoisotopic (exact) mass is 481 g/mol. The number of tetrazole rings is 1. The topological polar surface area (TPSA) is 96.7 Å². The molecule has 6 rings (SSSR count). The molecular formula is C24H29F2N9. The van der Waals surface area contributed by atoms with Gasteiger partial charge in [0.05, 0.1) is 17.6 Å². The van der Waals surface area contributed by atoms with E-state index in [1.807, 2.05) is 0 Å². The van der Waals surface area contributed by atoms with Crippen molar-refractivity contribution in [3.05, 3.63) is 41.9 Å². The number of fused-ring (bicyclic) bond motifs is 1. The van der Waals surface area contributed by atoms with Crippen LogP contribution >= 0.6 is 0 Å². The van der Waals surface area contributed by atoms with Crippen LogP contribution in [-0.4, -0.2) is 60.8 Å². The number of benzene rings is 1. The van der Waals surface area contributed by atoms with E-state index in [1.165, 1.54) is 42.8 Å². The molecule has 2 aromatic heterocycles. The van der Waals surface area contributed by atoms with Gasteiger partial charge in [0.15, 0.2) is 11.6 Å². The van der Waals surface area contributed by atoms with E-state index >= 15 is 4.39 Å². The maximum atomic E-state index is 15.0. The van der Waals surface area contributed by atoms with Crippen LogP contribution in [0.1, 0.15) is 56.4 Å². The van der Waals surface area contributed by atoms with Gasteiger partial charge in [0.25, 0.3) is 0 Å².